The van der Waals surface area contributed by atoms with Crippen LogP contribution in [0.25, 0.3) is 0 Å². The van der Waals surface area contributed by atoms with Gasteiger partial charge in [-0.15, -0.1) is 0 Å². The van der Waals surface area contributed by atoms with E-state index in [4.69, 9.17) is 28.4 Å². The number of hydrogen-bond acceptors (Lipinski definition) is 14. The maximum Gasteiger partial charge on any atom is 0.306 e. The van der Waals surface area contributed by atoms with Crippen LogP contribution < -0.4 is 0 Å². The lowest BCUT2D eigenvalue weighted by atomic mass is 9.98. The molecule has 2 heterocycles. The monoisotopic (exact) mass is 971 g/mol. The Morgan fingerprint density at radius 3 is 1.35 bits per heavy atom. The summed E-state index contributed by atoms with van der Waals surface area (Å²) in [6.07, 6.45) is 39.9. The lowest BCUT2D eigenvalue weighted by Crippen LogP contribution is -2.61. The maximum absolute atomic E-state index is 13.0. The number of carbonyl (C=O) groups is 1. The second-order valence-electron chi connectivity index (χ2n) is 16.9. The minimum Gasteiger partial charge on any atom is -0.457 e. The summed E-state index contributed by atoms with van der Waals surface area (Å²) >= 11 is 0. The molecule has 0 radical (unpaired) electrons. The van der Waals surface area contributed by atoms with Crippen molar-refractivity contribution < 1.29 is 69.0 Å². The van der Waals surface area contributed by atoms with Crippen LogP contribution in [0, 0.1) is 0 Å². The molecular formula is C55H86O14. The van der Waals surface area contributed by atoms with E-state index in [0.29, 0.717) is 19.4 Å². The molecule has 2 aliphatic rings. The summed E-state index contributed by atoms with van der Waals surface area (Å²) in [7, 11) is 0. The molecule has 0 bridgehead atoms. The third kappa shape index (κ3) is 28.7. The van der Waals surface area contributed by atoms with E-state index in [1.807, 2.05) is 6.08 Å². The molecule has 2 fully saturated rings. The lowest BCUT2D eigenvalue weighted by molar-refractivity contribution is -0.332. The van der Waals surface area contributed by atoms with E-state index >= 15 is 0 Å². The number of carbonyl (C=O) groups excluding carboxylic acids is 1. The minimum atomic E-state index is -1.73. The van der Waals surface area contributed by atoms with Crippen LogP contribution >= 0.6 is 0 Å². The first-order valence-corrected chi connectivity index (χ1v) is 25.1. The van der Waals surface area contributed by atoms with Crippen LogP contribution in [0.5, 0.6) is 0 Å². The van der Waals surface area contributed by atoms with Gasteiger partial charge in [0.15, 0.2) is 12.6 Å². The molecule has 0 spiro atoms. The Morgan fingerprint density at radius 2 is 0.884 bits per heavy atom. The van der Waals surface area contributed by atoms with Gasteiger partial charge in [-0.2, -0.15) is 0 Å². The molecule has 11 unspecified atom stereocenters. The van der Waals surface area contributed by atoms with Gasteiger partial charge in [-0.3, -0.25) is 4.79 Å². The number of ether oxygens (including phenoxy) is 6. The van der Waals surface area contributed by atoms with Crippen LogP contribution in [-0.4, -0.2) is 142 Å². The van der Waals surface area contributed by atoms with E-state index < -0.39 is 86.7 Å². The molecule has 7 N–H and O–H groups in total. The van der Waals surface area contributed by atoms with Crippen LogP contribution in [0.4, 0.5) is 0 Å². The van der Waals surface area contributed by atoms with Crippen molar-refractivity contribution in [2.24, 2.45) is 0 Å². The number of hydrogen-bond donors (Lipinski definition) is 7. The van der Waals surface area contributed by atoms with E-state index in [2.05, 4.69) is 129 Å². The average molecular weight is 971 g/mol. The molecule has 69 heavy (non-hydrogen) atoms. The molecule has 11 atom stereocenters. The highest BCUT2D eigenvalue weighted by Gasteiger charge is 2.47. The average Bonchev–Trinajstić information content (AvgIpc) is 3.35. The molecule has 2 aliphatic heterocycles. The van der Waals surface area contributed by atoms with Gasteiger partial charge >= 0.3 is 5.97 Å². The van der Waals surface area contributed by atoms with Gasteiger partial charge in [-0.25, -0.2) is 0 Å². The fourth-order valence-electron chi connectivity index (χ4n) is 6.93. The smallest absolute Gasteiger partial charge is 0.306 e. The summed E-state index contributed by atoms with van der Waals surface area (Å²) < 4.78 is 34.1. The summed E-state index contributed by atoms with van der Waals surface area (Å²) in [6, 6.07) is 0. The van der Waals surface area contributed by atoms with Crippen LogP contribution in [0.3, 0.4) is 0 Å². The molecule has 14 heteroatoms. The highest BCUT2D eigenvalue weighted by atomic mass is 16.7. The number of aliphatic hydroxyl groups excluding tert-OH is 7. The van der Waals surface area contributed by atoms with Crippen LogP contribution in [0.15, 0.2) is 122 Å². The summed E-state index contributed by atoms with van der Waals surface area (Å²) in [5.74, 6) is -0.454. The molecule has 0 saturated carbocycles. The molecule has 0 amide bonds. The molecule has 0 aromatic carbocycles. The lowest BCUT2D eigenvalue weighted by Gasteiger charge is -2.42. The molecule has 14 nitrogen and oxygen atoms in total. The van der Waals surface area contributed by atoms with Gasteiger partial charge < -0.3 is 64.2 Å². The van der Waals surface area contributed by atoms with Crippen molar-refractivity contribution in [2.45, 2.75) is 184 Å². The van der Waals surface area contributed by atoms with Crippen LogP contribution in [0.2, 0.25) is 0 Å². The van der Waals surface area contributed by atoms with Gasteiger partial charge in [0.1, 0.15) is 54.9 Å². The summed E-state index contributed by atoms with van der Waals surface area (Å²) in [5.41, 5.74) is 0. The molecule has 0 aromatic heterocycles. The number of allylic oxidation sites excluding steroid dienone is 20. The summed E-state index contributed by atoms with van der Waals surface area (Å²) in [4.78, 5) is 13.0. The van der Waals surface area contributed by atoms with Crippen molar-refractivity contribution in [3.63, 3.8) is 0 Å². The van der Waals surface area contributed by atoms with E-state index in [1.54, 1.807) is 0 Å². The highest BCUT2D eigenvalue weighted by molar-refractivity contribution is 5.69. The Kier molecular flexibility index (Phi) is 36.6. The van der Waals surface area contributed by atoms with E-state index in [1.165, 1.54) is 0 Å². The van der Waals surface area contributed by atoms with Crippen molar-refractivity contribution in [3.05, 3.63) is 122 Å². The minimum absolute atomic E-state index is 0.000175. The number of rotatable bonds is 37. The first-order chi connectivity index (χ1) is 33.6. The Labute approximate surface area is 412 Å². The highest BCUT2D eigenvalue weighted by Crippen LogP contribution is 2.26. The van der Waals surface area contributed by atoms with Crippen LogP contribution in [0.1, 0.15) is 117 Å². The predicted octanol–water partition coefficient (Wildman–Crippen LogP) is 7.40. The molecule has 0 aliphatic carbocycles. The fraction of sp³-hybridized carbons (Fsp3) is 0.618. The summed E-state index contributed by atoms with van der Waals surface area (Å²) in [6.45, 7) is 3.22. The van der Waals surface area contributed by atoms with E-state index in [-0.39, 0.29) is 19.6 Å². The zero-order valence-corrected chi connectivity index (χ0v) is 41.2. The topological polar surface area (TPSA) is 214 Å². The SMILES string of the molecule is CC/C=C\C/C=C\C/C=C\C/C=C\C/C=C\CCCCOCC(COC1OC(COC2OC(CO)C(O)C(O)C2O)C(O)C(O)C1O)OC(=O)CCC/C=C\C/C=C\C/C=C\C/C=C\C/C=C\CC. The normalized spacial score (nSPS) is 26.7. The van der Waals surface area contributed by atoms with E-state index in [0.717, 1.165) is 83.5 Å². The predicted molar refractivity (Wildman–Crippen MR) is 270 cm³/mol. The van der Waals surface area contributed by atoms with Gasteiger partial charge in [0.25, 0.3) is 0 Å². The Hall–Kier alpha value is -3.61. The van der Waals surface area contributed by atoms with Crippen molar-refractivity contribution in [1.82, 2.24) is 0 Å². The largest absolute Gasteiger partial charge is 0.457 e. The third-order valence-electron chi connectivity index (χ3n) is 11.0. The Morgan fingerprint density at radius 1 is 0.478 bits per heavy atom. The van der Waals surface area contributed by atoms with Crippen molar-refractivity contribution in [2.75, 3.05) is 33.0 Å². The maximum atomic E-state index is 13.0. The fourth-order valence-corrected chi connectivity index (χ4v) is 6.93. The number of esters is 1. The van der Waals surface area contributed by atoms with Gasteiger partial charge in [-0.1, -0.05) is 135 Å². The quantitative estimate of drug-likeness (QED) is 0.0184. The zero-order chi connectivity index (χ0) is 50.2. The molecular weight excluding hydrogens is 885 g/mol. The van der Waals surface area contributed by atoms with Crippen molar-refractivity contribution in [1.29, 1.82) is 0 Å². The second-order valence-corrected chi connectivity index (χ2v) is 16.9. The molecule has 390 valence electrons. The summed E-state index contributed by atoms with van der Waals surface area (Å²) in [5, 5.41) is 72.1. The third-order valence-corrected chi connectivity index (χ3v) is 11.0. The first kappa shape index (κ1) is 61.5. The number of unbranched alkanes of at least 4 members (excludes halogenated alkanes) is 3. The Bertz CT molecular complexity index is 1600. The Balaban J connectivity index is 1.84. The molecule has 2 rings (SSSR count). The zero-order valence-electron chi connectivity index (χ0n) is 41.2. The molecule has 2 saturated heterocycles. The second kappa shape index (κ2) is 41.1. The van der Waals surface area contributed by atoms with Gasteiger partial charge in [-0.05, 0) is 96.3 Å². The van der Waals surface area contributed by atoms with Crippen LogP contribution in [-0.2, 0) is 33.2 Å². The van der Waals surface area contributed by atoms with Crippen molar-refractivity contribution in [3.8, 4) is 0 Å². The van der Waals surface area contributed by atoms with E-state index in [9.17, 15) is 40.5 Å². The van der Waals surface area contributed by atoms with Gasteiger partial charge in [0.05, 0.1) is 26.4 Å². The first-order valence-electron chi connectivity index (χ1n) is 25.1. The standard InChI is InChI=1S/C55H86O14/c1-3-5-7-9-11-13-15-17-19-21-23-25-27-29-31-33-35-37-39-64-41-44(67-47(57)38-36-34-32-30-28-26-24-22-20-18-16-14-12-10-8-6-4-2)42-65-54-53(63)51(61)49(59)46(69-54)43-66-55-52(62)50(60)48(58)45(40-56)68-55/h5-8,11-14,17-20,23-26,29-32,44-46,48-56,58-63H,3-4,9-10,15-16,21-22,27-28,33-43H2,1-2H3/b7-5-,8-6-,13-11-,14-12-,19-17-,20-18-,25-23-,26-24-,31-29-,32-30-. The van der Waals surface area contributed by atoms with Gasteiger partial charge in [0, 0.05) is 13.0 Å². The van der Waals surface area contributed by atoms with Gasteiger partial charge in [0.2, 0.25) is 0 Å². The number of aliphatic hydroxyl groups is 7. The van der Waals surface area contributed by atoms with Crippen molar-refractivity contribution >= 4 is 5.97 Å². The molecule has 0 aromatic rings.